The summed E-state index contributed by atoms with van der Waals surface area (Å²) in [5.41, 5.74) is 0.00542. The lowest BCUT2D eigenvalue weighted by Crippen LogP contribution is -2.49. The van der Waals surface area contributed by atoms with Crippen LogP contribution in [0, 0.1) is 5.92 Å². The van der Waals surface area contributed by atoms with Crippen LogP contribution in [-0.4, -0.2) is 25.8 Å². The van der Waals surface area contributed by atoms with Gasteiger partial charge in [0, 0.05) is 29.7 Å². The Bertz CT molecular complexity index is 447. The molecule has 7 heteroatoms. The standard InChI is InChI=1S/C12H13Cl2F3N2/c13-8-1-2-9(10(14)3-8)11(12(15,16)17)19-6-7-4-18-5-7/h1-3,7,11,18-19H,4-6H2/t11-/m0/s1. The fourth-order valence-corrected chi connectivity index (χ4v) is 2.43. The molecule has 0 aromatic heterocycles. The Labute approximate surface area is 119 Å². The highest BCUT2D eigenvalue weighted by atomic mass is 35.5. The molecule has 0 unspecified atom stereocenters. The van der Waals surface area contributed by atoms with Crippen molar-refractivity contribution in [3.05, 3.63) is 33.8 Å². The van der Waals surface area contributed by atoms with Crippen LogP contribution in [0.15, 0.2) is 18.2 Å². The molecule has 0 saturated carbocycles. The summed E-state index contributed by atoms with van der Waals surface area (Å²) in [7, 11) is 0. The summed E-state index contributed by atoms with van der Waals surface area (Å²) in [6.45, 7) is 1.79. The van der Waals surface area contributed by atoms with Gasteiger partial charge in [-0.15, -0.1) is 0 Å². The van der Waals surface area contributed by atoms with Crippen molar-refractivity contribution >= 4 is 23.2 Å². The van der Waals surface area contributed by atoms with E-state index >= 15 is 0 Å². The lowest BCUT2D eigenvalue weighted by atomic mass is 10.0. The molecule has 0 spiro atoms. The molecule has 1 heterocycles. The van der Waals surface area contributed by atoms with E-state index in [1.54, 1.807) is 0 Å². The van der Waals surface area contributed by atoms with Crippen LogP contribution in [0.2, 0.25) is 10.0 Å². The first-order valence-corrected chi connectivity index (χ1v) is 6.59. The fourth-order valence-electron chi connectivity index (χ4n) is 1.91. The van der Waals surface area contributed by atoms with Crippen molar-refractivity contribution in [1.29, 1.82) is 0 Å². The zero-order chi connectivity index (χ0) is 14.0. The van der Waals surface area contributed by atoms with E-state index in [1.807, 2.05) is 0 Å². The molecular formula is C12H13Cl2F3N2. The number of alkyl halides is 3. The molecule has 2 N–H and O–H groups in total. The van der Waals surface area contributed by atoms with Crippen molar-refractivity contribution < 1.29 is 13.2 Å². The van der Waals surface area contributed by atoms with Crippen molar-refractivity contribution in [2.24, 2.45) is 5.92 Å². The highest BCUT2D eigenvalue weighted by Crippen LogP contribution is 2.37. The van der Waals surface area contributed by atoms with Gasteiger partial charge in [0.15, 0.2) is 0 Å². The summed E-state index contributed by atoms with van der Waals surface area (Å²) in [6.07, 6.45) is -4.39. The third kappa shape index (κ3) is 3.75. The maximum atomic E-state index is 13.1. The van der Waals surface area contributed by atoms with Crippen LogP contribution < -0.4 is 10.6 Å². The Morgan fingerprint density at radius 3 is 2.47 bits per heavy atom. The number of hydrogen-bond acceptors (Lipinski definition) is 2. The lowest BCUT2D eigenvalue weighted by Gasteiger charge is -2.30. The lowest BCUT2D eigenvalue weighted by molar-refractivity contribution is -0.158. The Kier molecular flexibility index (Phi) is 4.61. The molecule has 2 rings (SSSR count). The molecule has 1 aromatic carbocycles. The highest BCUT2D eigenvalue weighted by molar-refractivity contribution is 6.35. The first-order chi connectivity index (χ1) is 8.88. The summed E-state index contributed by atoms with van der Waals surface area (Å²) in [5.74, 6) is 0.232. The molecule has 19 heavy (non-hydrogen) atoms. The van der Waals surface area contributed by atoms with Crippen LogP contribution in [0.25, 0.3) is 0 Å². The van der Waals surface area contributed by atoms with Gasteiger partial charge < -0.3 is 10.6 Å². The number of benzene rings is 1. The fraction of sp³-hybridized carbons (Fsp3) is 0.500. The summed E-state index contributed by atoms with van der Waals surface area (Å²) in [4.78, 5) is 0. The van der Waals surface area contributed by atoms with Gasteiger partial charge >= 0.3 is 6.18 Å². The van der Waals surface area contributed by atoms with E-state index in [2.05, 4.69) is 10.6 Å². The molecule has 1 fully saturated rings. The quantitative estimate of drug-likeness (QED) is 0.890. The minimum atomic E-state index is -4.39. The van der Waals surface area contributed by atoms with Crippen molar-refractivity contribution in [3.63, 3.8) is 0 Å². The van der Waals surface area contributed by atoms with Gasteiger partial charge in [-0.3, -0.25) is 0 Å². The predicted molar refractivity (Wildman–Crippen MR) is 69.6 cm³/mol. The minimum absolute atomic E-state index is 0.00542. The number of halogens is 5. The van der Waals surface area contributed by atoms with Crippen molar-refractivity contribution in [3.8, 4) is 0 Å². The second-order valence-corrected chi connectivity index (χ2v) is 5.42. The molecule has 1 saturated heterocycles. The van der Waals surface area contributed by atoms with Crippen LogP contribution in [0.1, 0.15) is 11.6 Å². The highest BCUT2D eigenvalue weighted by Gasteiger charge is 2.42. The van der Waals surface area contributed by atoms with E-state index in [0.29, 0.717) is 11.6 Å². The molecule has 0 bridgehead atoms. The zero-order valence-electron chi connectivity index (χ0n) is 9.90. The summed E-state index contributed by atoms with van der Waals surface area (Å²) < 4.78 is 39.3. The number of rotatable bonds is 4. The maximum absolute atomic E-state index is 13.1. The Balaban J connectivity index is 2.16. The van der Waals surface area contributed by atoms with E-state index in [0.717, 1.165) is 13.1 Å². The SMILES string of the molecule is FC(F)(F)[C@@H](NCC1CNC1)c1ccc(Cl)cc1Cl. The van der Waals surface area contributed by atoms with E-state index < -0.39 is 12.2 Å². The van der Waals surface area contributed by atoms with Gasteiger partial charge in [0.05, 0.1) is 0 Å². The molecule has 0 aliphatic carbocycles. The summed E-state index contributed by atoms with van der Waals surface area (Å²) >= 11 is 11.6. The first-order valence-electron chi connectivity index (χ1n) is 5.83. The predicted octanol–water partition coefficient (Wildman–Crippen LogP) is 3.41. The second kappa shape index (κ2) is 5.87. The molecule has 1 atom stereocenters. The molecule has 1 aliphatic rings. The van der Waals surface area contributed by atoms with E-state index in [-0.39, 0.29) is 16.5 Å². The molecule has 0 radical (unpaired) electrons. The summed E-state index contributed by atoms with van der Waals surface area (Å²) in [5, 5.41) is 5.90. The normalized spacial score (nSPS) is 18.2. The average Bonchev–Trinajstić information content (AvgIpc) is 2.21. The molecule has 2 nitrogen and oxygen atoms in total. The van der Waals surface area contributed by atoms with Gasteiger partial charge in [-0.2, -0.15) is 13.2 Å². The molecule has 106 valence electrons. The van der Waals surface area contributed by atoms with Gasteiger partial charge in [0.2, 0.25) is 0 Å². The van der Waals surface area contributed by atoms with Crippen LogP contribution in [0.3, 0.4) is 0 Å². The van der Waals surface area contributed by atoms with E-state index in [4.69, 9.17) is 23.2 Å². The summed E-state index contributed by atoms with van der Waals surface area (Å²) in [6, 6.07) is 2.28. The Hall–Kier alpha value is -0.490. The monoisotopic (exact) mass is 312 g/mol. The first kappa shape index (κ1) is 14.9. The van der Waals surface area contributed by atoms with Crippen LogP contribution in [-0.2, 0) is 0 Å². The van der Waals surface area contributed by atoms with Crippen molar-refractivity contribution in [2.45, 2.75) is 12.2 Å². The Morgan fingerprint density at radius 2 is 2.00 bits per heavy atom. The van der Waals surface area contributed by atoms with E-state index in [1.165, 1.54) is 18.2 Å². The van der Waals surface area contributed by atoms with Gasteiger partial charge in [-0.25, -0.2) is 0 Å². The van der Waals surface area contributed by atoms with Gasteiger partial charge in [-0.1, -0.05) is 29.3 Å². The smallest absolute Gasteiger partial charge is 0.316 e. The Morgan fingerprint density at radius 1 is 1.32 bits per heavy atom. The average molecular weight is 313 g/mol. The molecule has 1 aromatic rings. The van der Waals surface area contributed by atoms with Gasteiger partial charge in [0.1, 0.15) is 6.04 Å². The van der Waals surface area contributed by atoms with Crippen LogP contribution >= 0.6 is 23.2 Å². The number of hydrogen-bond donors (Lipinski definition) is 2. The van der Waals surface area contributed by atoms with Crippen molar-refractivity contribution in [1.82, 2.24) is 10.6 Å². The van der Waals surface area contributed by atoms with E-state index in [9.17, 15) is 13.2 Å². The zero-order valence-corrected chi connectivity index (χ0v) is 11.4. The van der Waals surface area contributed by atoms with Crippen LogP contribution in [0.5, 0.6) is 0 Å². The molecule has 1 aliphatic heterocycles. The largest absolute Gasteiger partial charge is 0.407 e. The number of nitrogens with one attached hydrogen (secondary N) is 2. The molecular weight excluding hydrogens is 300 g/mol. The maximum Gasteiger partial charge on any atom is 0.407 e. The van der Waals surface area contributed by atoms with Gasteiger partial charge in [0.25, 0.3) is 0 Å². The van der Waals surface area contributed by atoms with Crippen LogP contribution in [0.4, 0.5) is 13.2 Å². The molecule has 0 amide bonds. The topological polar surface area (TPSA) is 24.1 Å². The minimum Gasteiger partial charge on any atom is -0.316 e. The van der Waals surface area contributed by atoms with Gasteiger partial charge in [-0.05, 0) is 23.6 Å². The third-order valence-corrected chi connectivity index (χ3v) is 3.64. The third-order valence-electron chi connectivity index (χ3n) is 3.08. The van der Waals surface area contributed by atoms with Crippen molar-refractivity contribution in [2.75, 3.05) is 19.6 Å². The second-order valence-electron chi connectivity index (χ2n) is 4.57.